The van der Waals surface area contributed by atoms with Crippen LogP contribution < -0.4 is 9.47 Å². The van der Waals surface area contributed by atoms with Gasteiger partial charge in [-0.25, -0.2) is 0 Å². The van der Waals surface area contributed by atoms with Crippen LogP contribution in [0.3, 0.4) is 0 Å². The van der Waals surface area contributed by atoms with Crippen molar-refractivity contribution in [3.63, 3.8) is 0 Å². The third kappa shape index (κ3) is 2.92. The van der Waals surface area contributed by atoms with Gasteiger partial charge in [0.2, 0.25) is 6.79 Å². The highest BCUT2D eigenvalue weighted by molar-refractivity contribution is 5.44. The number of fused-ring (bicyclic) bond motifs is 1. The molecule has 122 valence electrons. The molecule has 1 aromatic carbocycles. The first-order valence-corrected chi connectivity index (χ1v) is 7.97. The molecule has 1 fully saturated rings. The SMILES string of the molecule is Cn1cc(C[C@@H]2[C@H](O)CCN2Cc2ccc3c(c2)OCO3)cn1. The van der Waals surface area contributed by atoms with Gasteiger partial charge >= 0.3 is 0 Å². The second-order valence-corrected chi connectivity index (χ2v) is 6.31. The number of benzene rings is 1. The molecule has 2 aliphatic heterocycles. The lowest BCUT2D eigenvalue weighted by Crippen LogP contribution is -2.36. The molecule has 0 radical (unpaired) electrons. The Hall–Kier alpha value is -2.05. The molecule has 6 nitrogen and oxygen atoms in total. The average molecular weight is 315 g/mol. The Morgan fingerprint density at radius 1 is 1.26 bits per heavy atom. The van der Waals surface area contributed by atoms with Crippen molar-refractivity contribution in [3.8, 4) is 11.5 Å². The number of nitrogens with zero attached hydrogens (tertiary/aromatic N) is 3. The Bertz CT molecular complexity index is 700. The molecule has 4 rings (SSSR count). The molecule has 0 saturated carbocycles. The summed E-state index contributed by atoms with van der Waals surface area (Å²) in [5.74, 6) is 1.62. The molecule has 1 saturated heterocycles. The van der Waals surface area contributed by atoms with Gasteiger partial charge in [-0.1, -0.05) is 6.07 Å². The topological polar surface area (TPSA) is 59.8 Å². The van der Waals surface area contributed by atoms with Crippen LogP contribution in [0.4, 0.5) is 0 Å². The number of aliphatic hydroxyl groups excluding tert-OH is 1. The van der Waals surface area contributed by atoms with Crippen LogP contribution >= 0.6 is 0 Å². The second-order valence-electron chi connectivity index (χ2n) is 6.31. The molecule has 6 heteroatoms. The van der Waals surface area contributed by atoms with Crippen LogP contribution in [0, 0.1) is 0 Å². The Kier molecular flexibility index (Phi) is 3.71. The predicted octanol–water partition coefficient (Wildman–Crippen LogP) is 1.33. The van der Waals surface area contributed by atoms with Gasteiger partial charge in [0, 0.05) is 32.4 Å². The van der Waals surface area contributed by atoms with Crippen molar-refractivity contribution < 1.29 is 14.6 Å². The van der Waals surface area contributed by atoms with Crippen LogP contribution in [-0.2, 0) is 20.0 Å². The summed E-state index contributed by atoms with van der Waals surface area (Å²) in [5.41, 5.74) is 2.34. The average Bonchev–Trinajstić information content (AvgIpc) is 3.23. The summed E-state index contributed by atoms with van der Waals surface area (Å²) in [6.07, 6.45) is 5.24. The third-order valence-corrected chi connectivity index (χ3v) is 4.65. The van der Waals surface area contributed by atoms with E-state index in [1.807, 2.05) is 31.6 Å². The summed E-state index contributed by atoms with van der Waals surface area (Å²) in [4.78, 5) is 2.34. The van der Waals surface area contributed by atoms with Crippen molar-refractivity contribution in [1.29, 1.82) is 0 Å². The number of ether oxygens (including phenoxy) is 2. The second kappa shape index (κ2) is 5.86. The largest absolute Gasteiger partial charge is 0.454 e. The Morgan fingerprint density at radius 2 is 2.13 bits per heavy atom. The van der Waals surface area contributed by atoms with Crippen LogP contribution in [0.15, 0.2) is 30.6 Å². The lowest BCUT2D eigenvalue weighted by molar-refractivity contribution is 0.112. The van der Waals surface area contributed by atoms with E-state index in [4.69, 9.17) is 9.47 Å². The van der Waals surface area contributed by atoms with Gasteiger partial charge < -0.3 is 14.6 Å². The minimum Gasteiger partial charge on any atom is -0.454 e. The van der Waals surface area contributed by atoms with Crippen molar-refractivity contribution in [1.82, 2.24) is 14.7 Å². The summed E-state index contributed by atoms with van der Waals surface area (Å²) >= 11 is 0. The zero-order valence-electron chi connectivity index (χ0n) is 13.2. The Morgan fingerprint density at radius 3 is 2.96 bits per heavy atom. The van der Waals surface area contributed by atoms with Crippen LogP contribution in [0.25, 0.3) is 0 Å². The van der Waals surface area contributed by atoms with Gasteiger partial charge in [-0.2, -0.15) is 5.10 Å². The standard InChI is InChI=1S/C17H21N3O3/c1-19-9-13(8-18-19)6-14-15(21)4-5-20(14)10-12-2-3-16-17(7-12)23-11-22-16/h2-3,7-9,14-15,21H,4-6,10-11H2,1H3/t14-,15-/m1/s1. The monoisotopic (exact) mass is 315 g/mol. The van der Waals surface area contributed by atoms with E-state index >= 15 is 0 Å². The van der Waals surface area contributed by atoms with Crippen molar-refractivity contribution >= 4 is 0 Å². The molecule has 2 atom stereocenters. The van der Waals surface area contributed by atoms with E-state index in [-0.39, 0.29) is 12.1 Å². The lowest BCUT2D eigenvalue weighted by atomic mass is 10.0. The van der Waals surface area contributed by atoms with Gasteiger partial charge in [-0.05, 0) is 36.1 Å². The summed E-state index contributed by atoms with van der Waals surface area (Å²) in [7, 11) is 1.92. The van der Waals surface area contributed by atoms with Gasteiger partial charge in [0.05, 0.1) is 12.3 Å². The third-order valence-electron chi connectivity index (χ3n) is 4.65. The molecule has 0 spiro atoms. The van der Waals surface area contributed by atoms with Crippen LogP contribution in [0.2, 0.25) is 0 Å². The number of aromatic nitrogens is 2. The molecule has 1 N–H and O–H groups in total. The highest BCUT2D eigenvalue weighted by Crippen LogP contribution is 2.33. The minimum atomic E-state index is -0.288. The van der Waals surface area contributed by atoms with Gasteiger partial charge in [0.1, 0.15) is 0 Å². The van der Waals surface area contributed by atoms with E-state index in [0.717, 1.165) is 43.0 Å². The Labute approximate surface area is 135 Å². The van der Waals surface area contributed by atoms with E-state index in [1.165, 1.54) is 5.56 Å². The first-order valence-electron chi connectivity index (χ1n) is 7.97. The van der Waals surface area contributed by atoms with Crippen molar-refractivity contribution in [2.45, 2.75) is 31.5 Å². The van der Waals surface area contributed by atoms with Gasteiger partial charge in [-0.15, -0.1) is 0 Å². The number of aryl methyl sites for hydroxylation is 1. The van der Waals surface area contributed by atoms with Crippen molar-refractivity contribution in [2.75, 3.05) is 13.3 Å². The quantitative estimate of drug-likeness (QED) is 0.922. The van der Waals surface area contributed by atoms with E-state index < -0.39 is 0 Å². The molecule has 0 amide bonds. The van der Waals surface area contributed by atoms with Gasteiger partial charge in [0.15, 0.2) is 11.5 Å². The molecular formula is C17H21N3O3. The maximum absolute atomic E-state index is 10.3. The molecule has 2 aliphatic rings. The molecule has 2 aromatic rings. The van der Waals surface area contributed by atoms with Gasteiger partial charge in [0.25, 0.3) is 0 Å². The molecular weight excluding hydrogens is 294 g/mol. The summed E-state index contributed by atoms with van der Waals surface area (Å²) < 4.78 is 12.6. The molecule has 3 heterocycles. The van der Waals surface area contributed by atoms with Crippen LogP contribution in [-0.4, -0.2) is 45.3 Å². The van der Waals surface area contributed by atoms with Crippen LogP contribution in [0.5, 0.6) is 11.5 Å². The summed E-state index contributed by atoms with van der Waals surface area (Å²) in [6, 6.07) is 6.19. The number of hydrogen-bond acceptors (Lipinski definition) is 5. The van der Waals surface area contributed by atoms with E-state index in [9.17, 15) is 5.11 Å². The molecule has 0 bridgehead atoms. The first-order chi connectivity index (χ1) is 11.2. The van der Waals surface area contributed by atoms with E-state index in [0.29, 0.717) is 6.79 Å². The lowest BCUT2D eigenvalue weighted by Gasteiger charge is -2.26. The fourth-order valence-electron chi connectivity index (χ4n) is 3.45. The maximum Gasteiger partial charge on any atom is 0.231 e. The van der Waals surface area contributed by atoms with Crippen molar-refractivity contribution in [2.24, 2.45) is 7.05 Å². The van der Waals surface area contributed by atoms with E-state index in [1.54, 1.807) is 4.68 Å². The highest BCUT2D eigenvalue weighted by Gasteiger charge is 2.33. The predicted molar refractivity (Wildman–Crippen MR) is 84.3 cm³/mol. The Balaban J connectivity index is 1.48. The first kappa shape index (κ1) is 14.5. The fourth-order valence-corrected chi connectivity index (χ4v) is 3.45. The number of aliphatic hydroxyl groups is 1. The summed E-state index contributed by atoms with van der Waals surface area (Å²) in [6.45, 7) is 2.00. The molecule has 0 unspecified atom stereocenters. The minimum absolute atomic E-state index is 0.129. The van der Waals surface area contributed by atoms with Crippen molar-refractivity contribution in [3.05, 3.63) is 41.7 Å². The molecule has 23 heavy (non-hydrogen) atoms. The van der Waals surface area contributed by atoms with Crippen LogP contribution in [0.1, 0.15) is 17.5 Å². The maximum atomic E-state index is 10.3. The number of likely N-dealkylation sites (tertiary alicyclic amines) is 1. The summed E-state index contributed by atoms with van der Waals surface area (Å²) in [5, 5.41) is 14.6. The van der Waals surface area contributed by atoms with Gasteiger partial charge in [-0.3, -0.25) is 9.58 Å². The number of hydrogen-bond donors (Lipinski definition) is 1. The fraction of sp³-hybridized carbons (Fsp3) is 0.471. The highest BCUT2D eigenvalue weighted by atomic mass is 16.7. The smallest absolute Gasteiger partial charge is 0.231 e. The molecule has 0 aliphatic carbocycles. The zero-order valence-corrected chi connectivity index (χ0v) is 13.2. The zero-order chi connectivity index (χ0) is 15.8. The van der Waals surface area contributed by atoms with E-state index in [2.05, 4.69) is 16.1 Å². The molecule has 1 aromatic heterocycles. The normalized spacial score (nSPS) is 23.6. The number of rotatable bonds is 4.